The number of para-hydroxylation sites is 3. The molecule has 1 aromatic heterocycles. The summed E-state index contributed by atoms with van der Waals surface area (Å²) in [5.41, 5.74) is 7.15. The number of ether oxygens (including phenoxy) is 1. The lowest BCUT2D eigenvalue weighted by Crippen LogP contribution is -2.32. The number of benzene rings is 7. The number of nitrogens with one attached hydrogen (secondary N) is 6. The van der Waals surface area contributed by atoms with Crippen molar-refractivity contribution >= 4 is 75.2 Å². The standard InChI is InChI=1S/C23H23FN2O2.C21H18Cl2N2O.C16H18N4O/c1-17(23(27)26-14-13-25-20-9-3-2-4-10-20)18-7-5-11-21(15-18)28-22-12-6-8-19(24)16-22;1-14(21(26)25-16-6-3-2-4-7-16)15-10-12-17(13-11-15)24-20-18(22)8-5-9-19(20)23;1-11(16(21)20-15-7-8-17-10-18-15)12-3-2-4-14(9-12)19-13-5-6-13/h2-12,15-17,25H,13-14H2,1H3,(H,26,27);2-14,24H,1H3,(H,25,26);2-4,7-11,13,19H,5-6H2,1H3,(H,17,18,20,21). The topological polar surface area (TPSA) is 158 Å². The third-order valence-electron chi connectivity index (χ3n) is 11.9. The molecule has 384 valence electrons. The van der Waals surface area contributed by atoms with Gasteiger partial charge in [0.1, 0.15) is 29.5 Å². The zero-order valence-electron chi connectivity index (χ0n) is 41.8. The highest BCUT2D eigenvalue weighted by Crippen LogP contribution is 2.33. The number of amides is 3. The highest BCUT2D eigenvalue weighted by molar-refractivity contribution is 6.39. The minimum Gasteiger partial charge on any atom is -0.457 e. The molecule has 9 rings (SSSR count). The van der Waals surface area contributed by atoms with Gasteiger partial charge in [-0.25, -0.2) is 14.4 Å². The van der Waals surface area contributed by atoms with Gasteiger partial charge < -0.3 is 36.6 Å². The van der Waals surface area contributed by atoms with Gasteiger partial charge in [0, 0.05) is 54.1 Å². The summed E-state index contributed by atoms with van der Waals surface area (Å²) in [7, 11) is 0. The zero-order valence-corrected chi connectivity index (χ0v) is 43.3. The fraction of sp³-hybridized carbons (Fsp3) is 0.183. The highest BCUT2D eigenvalue weighted by Gasteiger charge is 2.22. The molecular weight excluding hydrogens is 987 g/mol. The van der Waals surface area contributed by atoms with Gasteiger partial charge in [-0.2, -0.15) is 0 Å². The van der Waals surface area contributed by atoms with Gasteiger partial charge in [-0.1, -0.05) is 108 Å². The quantitative estimate of drug-likeness (QED) is 0.0460. The summed E-state index contributed by atoms with van der Waals surface area (Å²) in [4.78, 5) is 45.0. The molecule has 0 saturated heterocycles. The summed E-state index contributed by atoms with van der Waals surface area (Å²) in [6, 6.07) is 55.8. The van der Waals surface area contributed by atoms with Crippen molar-refractivity contribution in [3.63, 3.8) is 0 Å². The van der Waals surface area contributed by atoms with Crippen molar-refractivity contribution in [3.05, 3.63) is 227 Å². The minimum atomic E-state index is -0.356. The smallest absolute Gasteiger partial charge is 0.232 e. The van der Waals surface area contributed by atoms with Crippen LogP contribution in [0.2, 0.25) is 10.0 Å². The average Bonchev–Trinajstić information content (AvgIpc) is 4.26. The maximum absolute atomic E-state index is 13.3. The fourth-order valence-corrected chi connectivity index (χ4v) is 7.91. The predicted octanol–water partition coefficient (Wildman–Crippen LogP) is 14.2. The van der Waals surface area contributed by atoms with Crippen LogP contribution in [0.25, 0.3) is 0 Å². The number of carbonyl (C=O) groups is 3. The number of halogens is 3. The summed E-state index contributed by atoms with van der Waals surface area (Å²) >= 11 is 12.4. The van der Waals surface area contributed by atoms with Crippen molar-refractivity contribution in [3.8, 4) is 11.5 Å². The average molecular weight is 1050 g/mol. The molecule has 0 radical (unpaired) electrons. The van der Waals surface area contributed by atoms with E-state index in [-0.39, 0.29) is 41.3 Å². The molecule has 1 saturated carbocycles. The van der Waals surface area contributed by atoms with Gasteiger partial charge in [0.15, 0.2) is 0 Å². The highest BCUT2D eigenvalue weighted by atomic mass is 35.5. The van der Waals surface area contributed by atoms with Gasteiger partial charge in [-0.15, -0.1) is 0 Å². The van der Waals surface area contributed by atoms with Crippen LogP contribution in [0.5, 0.6) is 11.5 Å². The molecular formula is C60H59Cl2FN8O4. The van der Waals surface area contributed by atoms with Crippen molar-refractivity contribution in [1.82, 2.24) is 15.3 Å². The number of hydrogen-bond acceptors (Lipinski definition) is 9. The monoisotopic (exact) mass is 1040 g/mol. The molecule has 7 aromatic carbocycles. The second kappa shape index (κ2) is 27.7. The molecule has 1 aliphatic rings. The predicted molar refractivity (Wildman–Crippen MR) is 301 cm³/mol. The van der Waals surface area contributed by atoms with E-state index < -0.39 is 0 Å². The lowest BCUT2D eigenvalue weighted by Gasteiger charge is -2.14. The molecule has 15 heteroatoms. The van der Waals surface area contributed by atoms with Crippen LogP contribution in [0.4, 0.5) is 38.6 Å². The van der Waals surface area contributed by atoms with Crippen LogP contribution in [0, 0.1) is 5.82 Å². The lowest BCUT2D eigenvalue weighted by molar-refractivity contribution is -0.122. The first-order chi connectivity index (χ1) is 36.4. The maximum Gasteiger partial charge on any atom is 0.232 e. The number of hydrogen-bond donors (Lipinski definition) is 6. The first-order valence-electron chi connectivity index (χ1n) is 24.6. The molecule has 3 amide bonds. The summed E-state index contributed by atoms with van der Waals surface area (Å²) in [6.45, 7) is 6.79. The molecule has 3 unspecified atom stereocenters. The Labute approximate surface area is 447 Å². The zero-order chi connectivity index (χ0) is 52.9. The van der Waals surface area contributed by atoms with E-state index in [1.807, 2.05) is 142 Å². The van der Waals surface area contributed by atoms with Crippen LogP contribution in [0.1, 0.15) is 68.1 Å². The third-order valence-corrected chi connectivity index (χ3v) is 12.6. The van der Waals surface area contributed by atoms with Crippen molar-refractivity contribution in [1.29, 1.82) is 0 Å². The van der Waals surface area contributed by atoms with Crippen molar-refractivity contribution in [2.24, 2.45) is 0 Å². The maximum atomic E-state index is 13.3. The fourth-order valence-electron chi connectivity index (χ4n) is 7.42. The van der Waals surface area contributed by atoms with Crippen LogP contribution < -0.4 is 36.6 Å². The number of nitrogens with zero attached hydrogens (tertiary/aromatic N) is 2. The van der Waals surface area contributed by atoms with Crippen molar-refractivity contribution < 1.29 is 23.5 Å². The normalized spacial score (nSPS) is 12.6. The van der Waals surface area contributed by atoms with E-state index in [9.17, 15) is 18.8 Å². The molecule has 3 atom stereocenters. The van der Waals surface area contributed by atoms with Crippen molar-refractivity contribution in [2.45, 2.75) is 57.4 Å². The second-order valence-corrected chi connectivity index (χ2v) is 18.5. The van der Waals surface area contributed by atoms with Gasteiger partial charge >= 0.3 is 0 Å². The molecule has 0 aliphatic heterocycles. The molecule has 0 spiro atoms. The molecule has 75 heavy (non-hydrogen) atoms. The Morgan fingerprint density at radius 3 is 1.80 bits per heavy atom. The van der Waals surface area contributed by atoms with Crippen LogP contribution in [0.3, 0.4) is 0 Å². The second-order valence-electron chi connectivity index (χ2n) is 17.7. The Hall–Kier alpha value is -8.26. The summed E-state index contributed by atoms with van der Waals surface area (Å²) in [6.07, 6.45) is 5.48. The molecule has 1 fully saturated rings. The number of anilines is 6. The SMILES string of the molecule is CC(C(=O)NCCNc1ccccc1)c1cccc(Oc2cccc(F)c2)c1.CC(C(=O)Nc1ccccc1)c1ccc(Nc2c(Cl)cccc2Cl)cc1.CC(C(=O)Nc1ccncn1)c1cccc(NC2CC2)c1. The van der Waals surface area contributed by atoms with E-state index in [1.54, 1.807) is 54.7 Å². The Bertz CT molecular complexity index is 3080. The molecule has 0 bridgehead atoms. The summed E-state index contributed by atoms with van der Waals surface area (Å²) < 4.78 is 19.0. The Morgan fingerprint density at radius 1 is 0.573 bits per heavy atom. The van der Waals surface area contributed by atoms with E-state index in [0.717, 1.165) is 39.4 Å². The third kappa shape index (κ3) is 17.4. The first kappa shape index (κ1) is 54.5. The van der Waals surface area contributed by atoms with E-state index in [1.165, 1.54) is 31.3 Å². The van der Waals surface area contributed by atoms with Crippen molar-refractivity contribution in [2.75, 3.05) is 39.7 Å². The number of rotatable bonds is 18. The summed E-state index contributed by atoms with van der Waals surface area (Å²) in [5.74, 6) is 0.136. The largest absolute Gasteiger partial charge is 0.457 e. The summed E-state index contributed by atoms with van der Waals surface area (Å²) in [5, 5.41) is 19.7. The lowest BCUT2D eigenvalue weighted by atomic mass is 10.00. The van der Waals surface area contributed by atoms with Crippen LogP contribution >= 0.6 is 23.2 Å². The molecule has 8 aromatic rings. The van der Waals surface area contributed by atoms with Gasteiger partial charge in [0.25, 0.3) is 0 Å². The Balaban J connectivity index is 0.000000166. The minimum absolute atomic E-state index is 0.0499. The molecule has 12 nitrogen and oxygen atoms in total. The van der Waals surface area contributed by atoms with Gasteiger partial charge in [-0.3, -0.25) is 14.4 Å². The van der Waals surface area contributed by atoms with E-state index in [2.05, 4.69) is 41.9 Å². The van der Waals surface area contributed by atoms with E-state index in [4.69, 9.17) is 27.9 Å². The molecule has 1 heterocycles. The van der Waals surface area contributed by atoms with Gasteiger partial charge in [0.2, 0.25) is 17.7 Å². The molecule has 6 N–H and O–H groups in total. The van der Waals surface area contributed by atoms with Gasteiger partial charge in [0.05, 0.1) is 33.5 Å². The Kier molecular flexibility index (Phi) is 20.1. The van der Waals surface area contributed by atoms with Crippen LogP contribution in [0.15, 0.2) is 195 Å². The first-order valence-corrected chi connectivity index (χ1v) is 25.3. The van der Waals surface area contributed by atoms with Gasteiger partial charge in [-0.05, 0) is 141 Å². The van der Waals surface area contributed by atoms with E-state index in [0.29, 0.717) is 52.2 Å². The Morgan fingerprint density at radius 2 is 1.15 bits per heavy atom. The van der Waals surface area contributed by atoms with Crippen LogP contribution in [-0.4, -0.2) is 46.8 Å². The number of carbonyl (C=O) groups excluding carboxylic acids is 3. The number of aromatic nitrogens is 2. The molecule has 1 aliphatic carbocycles. The van der Waals surface area contributed by atoms with Crippen LogP contribution in [-0.2, 0) is 14.4 Å². The van der Waals surface area contributed by atoms with E-state index >= 15 is 0 Å².